The molecule has 0 aliphatic heterocycles. The molecule has 1 rings (SSSR count). The van der Waals surface area contributed by atoms with E-state index in [1.807, 2.05) is 0 Å². The van der Waals surface area contributed by atoms with Gasteiger partial charge in [0.2, 0.25) is 0 Å². The summed E-state index contributed by atoms with van der Waals surface area (Å²) < 4.78 is 39.4. The summed E-state index contributed by atoms with van der Waals surface area (Å²) in [4.78, 5) is 0. The van der Waals surface area contributed by atoms with Gasteiger partial charge in [-0.15, -0.1) is 0 Å². The maximum Gasteiger partial charge on any atom is 0.293 e. The van der Waals surface area contributed by atoms with Crippen LogP contribution in [0.1, 0.15) is 32.1 Å². The number of alkyl halides is 3. The fourth-order valence-electron chi connectivity index (χ4n) is 1.66. The molecular weight excluding hydrogens is 167 g/mol. The third kappa shape index (κ3) is 1.58. The minimum absolute atomic E-state index is 0.0444. The molecule has 0 unspecified atom stereocenters. The molecule has 0 radical (unpaired) electrons. The summed E-state index contributed by atoms with van der Waals surface area (Å²) in [6.45, 7) is -0.885. The lowest BCUT2D eigenvalue weighted by atomic mass is 9.81. The van der Waals surface area contributed by atoms with Gasteiger partial charge in [0.1, 0.15) is 0 Å². The van der Waals surface area contributed by atoms with Gasteiger partial charge in [-0.2, -0.15) is 0 Å². The fourth-order valence-corrected chi connectivity index (χ4v) is 1.66. The van der Waals surface area contributed by atoms with Crippen LogP contribution in [0.5, 0.6) is 0 Å². The Kier molecular flexibility index (Phi) is 2.66. The van der Waals surface area contributed by atoms with Gasteiger partial charge in [-0.3, -0.25) is 0 Å². The van der Waals surface area contributed by atoms with E-state index in [0.29, 0.717) is 12.8 Å². The Labute approximate surface area is 70.1 Å². The fraction of sp³-hybridized carbons (Fsp3) is 1.00. The third-order valence-corrected chi connectivity index (χ3v) is 2.56. The quantitative estimate of drug-likeness (QED) is 0.694. The Balaban J connectivity index is 2.68. The van der Waals surface area contributed by atoms with Gasteiger partial charge in [-0.1, -0.05) is 19.3 Å². The van der Waals surface area contributed by atoms with Crippen molar-refractivity contribution in [3.05, 3.63) is 0 Å². The van der Waals surface area contributed by atoms with Crippen molar-refractivity contribution in [3.63, 3.8) is 0 Å². The van der Waals surface area contributed by atoms with Crippen LogP contribution in [-0.4, -0.2) is 18.1 Å². The molecule has 4 heteroatoms. The molecule has 0 heterocycles. The average Bonchev–Trinajstić information content (AvgIpc) is 2.06. The molecule has 0 spiro atoms. The van der Waals surface area contributed by atoms with Gasteiger partial charge in [-0.05, 0) is 12.8 Å². The summed E-state index contributed by atoms with van der Waals surface area (Å²) in [6, 6.07) is 0. The first-order chi connectivity index (χ1) is 5.52. The van der Waals surface area contributed by atoms with Crippen molar-refractivity contribution in [1.82, 2.24) is 0 Å². The zero-order chi connectivity index (χ0) is 9.24. The molecule has 1 nitrogen and oxygen atoms in total. The maximum absolute atomic E-state index is 13.5. The number of halogens is 3. The Morgan fingerprint density at radius 1 is 1.17 bits per heavy atom. The Morgan fingerprint density at radius 2 is 1.67 bits per heavy atom. The first-order valence-corrected chi connectivity index (χ1v) is 4.29. The molecule has 72 valence electrons. The van der Waals surface area contributed by atoms with Crippen LogP contribution in [-0.2, 0) is 0 Å². The monoisotopic (exact) mass is 181 g/mol. The van der Waals surface area contributed by atoms with Gasteiger partial charge < -0.3 is 5.73 Å². The van der Waals surface area contributed by atoms with Crippen LogP contribution >= 0.6 is 0 Å². The molecule has 0 saturated heterocycles. The lowest BCUT2D eigenvalue weighted by Gasteiger charge is -2.35. The Bertz CT molecular complexity index is 152. The molecule has 0 atom stereocenters. The zero-order valence-electron chi connectivity index (χ0n) is 6.95. The minimum atomic E-state index is -3.34. The van der Waals surface area contributed by atoms with E-state index >= 15 is 0 Å². The van der Waals surface area contributed by atoms with E-state index in [1.165, 1.54) is 0 Å². The number of nitrogens with two attached hydrogens (primary N) is 1. The molecule has 1 aliphatic carbocycles. The minimum Gasteiger partial charge on any atom is -0.325 e. The van der Waals surface area contributed by atoms with Gasteiger partial charge in [-0.25, -0.2) is 13.2 Å². The first-order valence-electron chi connectivity index (χ1n) is 4.29. The first kappa shape index (κ1) is 9.84. The summed E-state index contributed by atoms with van der Waals surface area (Å²) in [5.74, 6) is -3.34. The second-order valence-corrected chi connectivity index (χ2v) is 3.43. The molecule has 2 N–H and O–H groups in total. The van der Waals surface area contributed by atoms with Crippen LogP contribution in [0.2, 0.25) is 0 Å². The number of hydrogen-bond donors (Lipinski definition) is 1. The van der Waals surface area contributed by atoms with Crippen LogP contribution in [0.3, 0.4) is 0 Å². The molecule has 0 amide bonds. The van der Waals surface area contributed by atoms with E-state index in [4.69, 9.17) is 5.73 Å². The van der Waals surface area contributed by atoms with Crippen LogP contribution in [0.25, 0.3) is 0 Å². The van der Waals surface area contributed by atoms with Gasteiger partial charge in [0, 0.05) is 0 Å². The third-order valence-electron chi connectivity index (χ3n) is 2.56. The maximum atomic E-state index is 13.5. The SMILES string of the molecule is NCC(F)(F)C1(F)CCCCC1. The smallest absolute Gasteiger partial charge is 0.293 e. The highest BCUT2D eigenvalue weighted by Gasteiger charge is 2.53. The van der Waals surface area contributed by atoms with Crippen molar-refractivity contribution in [1.29, 1.82) is 0 Å². The molecule has 0 aromatic rings. The topological polar surface area (TPSA) is 26.0 Å². The van der Waals surface area contributed by atoms with Crippen molar-refractivity contribution >= 4 is 0 Å². The second-order valence-electron chi connectivity index (χ2n) is 3.43. The largest absolute Gasteiger partial charge is 0.325 e. The van der Waals surface area contributed by atoms with Crippen LogP contribution in [0, 0.1) is 0 Å². The molecule has 1 saturated carbocycles. The summed E-state index contributed by atoms with van der Waals surface area (Å²) in [5.41, 5.74) is 2.50. The van der Waals surface area contributed by atoms with E-state index in [0.717, 1.165) is 6.42 Å². The molecular formula is C8H14F3N. The highest BCUT2D eigenvalue weighted by Crippen LogP contribution is 2.42. The van der Waals surface area contributed by atoms with Gasteiger partial charge in [0.05, 0.1) is 6.54 Å². The molecule has 1 fully saturated rings. The predicted molar refractivity (Wildman–Crippen MR) is 40.9 cm³/mol. The Hall–Kier alpha value is -0.250. The predicted octanol–water partition coefficient (Wildman–Crippen LogP) is 2.25. The molecule has 1 aliphatic rings. The van der Waals surface area contributed by atoms with Crippen LogP contribution in [0.4, 0.5) is 13.2 Å². The lowest BCUT2D eigenvalue weighted by Crippen LogP contribution is -2.50. The van der Waals surface area contributed by atoms with E-state index in [9.17, 15) is 13.2 Å². The zero-order valence-corrected chi connectivity index (χ0v) is 6.95. The second kappa shape index (κ2) is 3.24. The number of hydrogen-bond acceptors (Lipinski definition) is 1. The van der Waals surface area contributed by atoms with Crippen LogP contribution in [0.15, 0.2) is 0 Å². The van der Waals surface area contributed by atoms with E-state index in [2.05, 4.69) is 0 Å². The highest BCUT2D eigenvalue weighted by atomic mass is 19.3. The standard InChI is InChI=1S/C8H14F3N/c9-7(8(10,11)6-12)4-2-1-3-5-7/h1-6,12H2. The number of rotatable bonds is 2. The molecule has 0 aromatic carbocycles. The summed E-state index contributed by atoms with van der Waals surface area (Å²) in [6.07, 6.45) is 1.86. The summed E-state index contributed by atoms with van der Waals surface area (Å²) in [7, 11) is 0. The highest BCUT2D eigenvalue weighted by molar-refractivity contribution is 4.96. The molecule has 12 heavy (non-hydrogen) atoms. The van der Waals surface area contributed by atoms with Gasteiger partial charge >= 0.3 is 0 Å². The Morgan fingerprint density at radius 3 is 2.08 bits per heavy atom. The van der Waals surface area contributed by atoms with Crippen molar-refractivity contribution in [3.8, 4) is 0 Å². The van der Waals surface area contributed by atoms with E-state index in [1.54, 1.807) is 0 Å². The van der Waals surface area contributed by atoms with Crippen LogP contribution < -0.4 is 5.73 Å². The molecule has 0 bridgehead atoms. The summed E-state index contributed by atoms with van der Waals surface area (Å²) in [5, 5.41) is 0. The van der Waals surface area contributed by atoms with E-state index < -0.39 is 18.1 Å². The van der Waals surface area contributed by atoms with Crippen molar-refractivity contribution in [2.45, 2.75) is 43.7 Å². The summed E-state index contributed by atoms with van der Waals surface area (Å²) >= 11 is 0. The van der Waals surface area contributed by atoms with Gasteiger partial charge in [0.15, 0.2) is 5.67 Å². The average molecular weight is 181 g/mol. The van der Waals surface area contributed by atoms with E-state index in [-0.39, 0.29) is 12.8 Å². The van der Waals surface area contributed by atoms with Crippen molar-refractivity contribution in [2.24, 2.45) is 5.73 Å². The van der Waals surface area contributed by atoms with Crippen molar-refractivity contribution in [2.75, 3.05) is 6.54 Å². The normalized spacial score (nSPS) is 24.0. The lowest BCUT2D eigenvalue weighted by molar-refractivity contribution is -0.145. The van der Waals surface area contributed by atoms with Gasteiger partial charge in [0.25, 0.3) is 5.92 Å². The molecule has 0 aromatic heterocycles. The van der Waals surface area contributed by atoms with Crippen molar-refractivity contribution < 1.29 is 13.2 Å².